The van der Waals surface area contributed by atoms with Gasteiger partial charge < -0.3 is 4.74 Å². The quantitative estimate of drug-likeness (QED) is 0.669. The summed E-state index contributed by atoms with van der Waals surface area (Å²) in [4.78, 5) is 2.61. The van der Waals surface area contributed by atoms with Crippen molar-refractivity contribution in [2.24, 2.45) is 0 Å². The minimum Gasteiger partial charge on any atom is -0.381 e. The van der Waals surface area contributed by atoms with Crippen molar-refractivity contribution in [3.63, 3.8) is 0 Å². The highest BCUT2D eigenvalue weighted by atomic mass is 16.5. The van der Waals surface area contributed by atoms with Crippen LogP contribution in [0.4, 0.5) is 0 Å². The minimum atomic E-state index is 0.496. The molecule has 1 saturated heterocycles. The van der Waals surface area contributed by atoms with Gasteiger partial charge in [0.1, 0.15) is 0 Å². The minimum absolute atomic E-state index is 0.496. The number of methoxy groups -OCH3 is 1. The van der Waals surface area contributed by atoms with Gasteiger partial charge in [-0.05, 0) is 33.1 Å². The molecule has 1 aliphatic heterocycles. The third-order valence-electron chi connectivity index (χ3n) is 3.37. The predicted octanol–water partition coefficient (Wildman–Crippen LogP) is 2.28. The Morgan fingerprint density at radius 1 is 1.54 bits per heavy atom. The molecule has 0 aliphatic carbocycles. The van der Waals surface area contributed by atoms with Gasteiger partial charge >= 0.3 is 0 Å². The molecule has 78 valence electrons. The highest BCUT2D eigenvalue weighted by Crippen LogP contribution is 2.22. The lowest BCUT2D eigenvalue weighted by Gasteiger charge is -2.40. The maximum Gasteiger partial charge on any atom is 0.0598 e. The smallest absolute Gasteiger partial charge is 0.0598 e. The lowest BCUT2D eigenvalue weighted by molar-refractivity contribution is 0.00118. The molecule has 3 unspecified atom stereocenters. The average Bonchev–Trinajstić information content (AvgIpc) is 2.16. The first-order valence-corrected chi connectivity index (χ1v) is 5.47. The van der Waals surface area contributed by atoms with Gasteiger partial charge in [-0.2, -0.15) is 0 Å². The molecule has 2 heteroatoms. The van der Waals surface area contributed by atoms with Crippen LogP contribution in [0.5, 0.6) is 0 Å². The molecule has 0 saturated carbocycles. The highest BCUT2D eigenvalue weighted by molar-refractivity contribution is 4.82. The summed E-state index contributed by atoms with van der Waals surface area (Å²) in [5.41, 5.74) is 0. The molecule has 0 aromatic carbocycles. The van der Waals surface area contributed by atoms with E-state index >= 15 is 0 Å². The number of nitrogens with zero attached hydrogens (tertiary/aromatic N) is 1. The summed E-state index contributed by atoms with van der Waals surface area (Å²) in [6.07, 6.45) is 4.14. The fourth-order valence-corrected chi connectivity index (χ4v) is 2.25. The van der Waals surface area contributed by atoms with E-state index < -0.39 is 0 Å². The van der Waals surface area contributed by atoms with E-state index in [9.17, 15) is 0 Å². The second-order valence-electron chi connectivity index (χ2n) is 4.23. The van der Waals surface area contributed by atoms with Crippen molar-refractivity contribution in [1.82, 2.24) is 4.90 Å². The zero-order chi connectivity index (χ0) is 9.84. The molecule has 0 bridgehead atoms. The van der Waals surface area contributed by atoms with E-state index in [4.69, 9.17) is 4.74 Å². The summed E-state index contributed by atoms with van der Waals surface area (Å²) >= 11 is 0. The molecule has 1 fully saturated rings. The molecule has 0 spiro atoms. The molecule has 0 N–H and O–H groups in total. The molecule has 1 aliphatic rings. The molecular weight excluding hydrogens is 162 g/mol. The number of rotatable bonds is 3. The standard InChI is InChI=1S/C11H23NO/c1-5-9(2)12-7-6-11(13-4)8-10(12)3/h9-11H,5-8H2,1-4H3. The maximum absolute atomic E-state index is 5.40. The van der Waals surface area contributed by atoms with Gasteiger partial charge in [-0.15, -0.1) is 0 Å². The van der Waals surface area contributed by atoms with Gasteiger partial charge in [-0.25, -0.2) is 0 Å². The predicted molar refractivity (Wildman–Crippen MR) is 56.0 cm³/mol. The Morgan fingerprint density at radius 2 is 2.23 bits per heavy atom. The summed E-state index contributed by atoms with van der Waals surface area (Å²) in [5.74, 6) is 0. The molecule has 0 amide bonds. The van der Waals surface area contributed by atoms with Crippen molar-refractivity contribution in [2.45, 2.75) is 58.2 Å². The largest absolute Gasteiger partial charge is 0.381 e. The van der Waals surface area contributed by atoms with Crippen LogP contribution in [0.1, 0.15) is 40.0 Å². The topological polar surface area (TPSA) is 12.5 Å². The number of hydrogen-bond donors (Lipinski definition) is 0. The SMILES string of the molecule is CCC(C)N1CCC(OC)CC1C. The Bertz CT molecular complexity index is 149. The molecule has 2 nitrogen and oxygen atoms in total. The average molecular weight is 185 g/mol. The Morgan fingerprint density at radius 3 is 2.69 bits per heavy atom. The second-order valence-corrected chi connectivity index (χ2v) is 4.23. The molecule has 0 aromatic rings. The summed E-state index contributed by atoms with van der Waals surface area (Å²) in [5, 5.41) is 0. The van der Waals surface area contributed by atoms with E-state index in [2.05, 4.69) is 25.7 Å². The number of piperidine rings is 1. The van der Waals surface area contributed by atoms with Gasteiger partial charge in [-0.1, -0.05) is 6.92 Å². The maximum atomic E-state index is 5.40. The summed E-state index contributed by atoms with van der Waals surface area (Å²) < 4.78 is 5.40. The third kappa shape index (κ3) is 2.68. The van der Waals surface area contributed by atoms with Crippen LogP contribution in [-0.4, -0.2) is 36.7 Å². The van der Waals surface area contributed by atoms with Crippen molar-refractivity contribution in [3.05, 3.63) is 0 Å². The Hall–Kier alpha value is -0.0800. The van der Waals surface area contributed by atoms with Crippen molar-refractivity contribution in [2.75, 3.05) is 13.7 Å². The second kappa shape index (κ2) is 4.97. The van der Waals surface area contributed by atoms with Crippen LogP contribution in [-0.2, 0) is 4.74 Å². The van der Waals surface area contributed by atoms with Gasteiger partial charge in [0.2, 0.25) is 0 Å². The van der Waals surface area contributed by atoms with Crippen LogP contribution in [0.25, 0.3) is 0 Å². The van der Waals surface area contributed by atoms with Gasteiger partial charge in [0.15, 0.2) is 0 Å². The summed E-state index contributed by atoms with van der Waals surface area (Å²) in [7, 11) is 1.83. The lowest BCUT2D eigenvalue weighted by atomic mass is 9.98. The monoisotopic (exact) mass is 185 g/mol. The van der Waals surface area contributed by atoms with Crippen molar-refractivity contribution in [1.29, 1.82) is 0 Å². The van der Waals surface area contributed by atoms with E-state index in [1.165, 1.54) is 25.8 Å². The van der Waals surface area contributed by atoms with Crippen molar-refractivity contribution >= 4 is 0 Å². The first kappa shape index (κ1) is 11.0. The van der Waals surface area contributed by atoms with Crippen LogP contribution < -0.4 is 0 Å². The fourth-order valence-electron chi connectivity index (χ4n) is 2.25. The van der Waals surface area contributed by atoms with E-state index in [0.717, 1.165) is 6.04 Å². The number of likely N-dealkylation sites (tertiary alicyclic amines) is 1. The van der Waals surface area contributed by atoms with E-state index in [1.807, 2.05) is 7.11 Å². The third-order valence-corrected chi connectivity index (χ3v) is 3.37. The molecule has 13 heavy (non-hydrogen) atoms. The normalized spacial score (nSPS) is 33.2. The molecule has 0 aromatic heterocycles. The first-order valence-electron chi connectivity index (χ1n) is 5.47. The van der Waals surface area contributed by atoms with Crippen LogP contribution in [0.2, 0.25) is 0 Å². The zero-order valence-electron chi connectivity index (χ0n) is 9.42. The molecule has 1 heterocycles. The summed E-state index contributed by atoms with van der Waals surface area (Å²) in [6, 6.07) is 1.42. The van der Waals surface area contributed by atoms with Crippen LogP contribution in [0.3, 0.4) is 0 Å². The van der Waals surface area contributed by atoms with Gasteiger partial charge in [-0.3, -0.25) is 4.90 Å². The lowest BCUT2D eigenvalue weighted by Crippen LogP contribution is -2.47. The zero-order valence-corrected chi connectivity index (χ0v) is 9.42. The van der Waals surface area contributed by atoms with Gasteiger partial charge in [0.25, 0.3) is 0 Å². The van der Waals surface area contributed by atoms with Crippen molar-refractivity contribution < 1.29 is 4.74 Å². The molecular formula is C11H23NO. The Balaban J connectivity index is 2.43. The molecule has 1 rings (SSSR count). The molecule has 0 radical (unpaired) electrons. The van der Waals surface area contributed by atoms with Crippen LogP contribution in [0, 0.1) is 0 Å². The van der Waals surface area contributed by atoms with E-state index in [-0.39, 0.29) is 0 Å². The molecule has 3 atom stereocenters. The van der Waals surface area contributed by atoms with Gasteiger partial charge in [0, 0.05) is 25.7 Å². The van der Waals surface area contributed by atoms with Gasteiger partial charge in [0.05, 0.1) is 6.10 Å². The fraction of sp³-hybridized carbons (Fsp3) is 1.00. The first-order chi connectivity index (χ1) is 6.19. The van der Waals surface area contributed by atoms with E-state index in [0.29, 0.717) is 12.1 Å². The Labute approximate surface area is 82.3 Å². The van der Waals surface area contributed by atoms with Crippen LogP contribution >= 0.6 is 0 Å². The van der Waals surface area contributed by atoms with E-state index in [1.54, 1.807) is 0 Å². The number of ether oxygens (including phenoxy) is 1. The highest BCUT2D eigenvalue weighted by Gasteiger charge is 2.27. The van der Waals surface area contributed by atoms with Crippen LogP contribution in [0.15, 0.2) is 0 Å². The van der Waals surface area contributed by atoms with Crippen molar-refractivity contribution in [3.8, 4) is 0 Å². The number of hydrogen-bond acceptors (Lipinski definition) is 2. The summed E-state index contributed by atoms with van der Waals surface area (Å²) in [6.45, 7) is 8.11. The Kier molecular flexibility index (Phi) is 4.20.